The molecule has 2 N–H and O–H groups in total. The molecule has 10 heteroatoms. The monoisotopic (exact) mass is 438 g/mol. The lowest BCUT2D eigenvalue weighted by atomic mass is 10.1. The van der Waals surface area contributed by atoms with Crippen LogP contribution in [0.4, 0.5) is 33.7 Å². The lowest BCUT2D eigenvalue weighted by Crippen LogP contribution is -2.17. The van der Waals surface area contributed by atoms with Crippen molar-refractivity contribution in [1.29, 1.82) is 0 Å². The number of benzene rings is 2. The highest BCUT2D eigenvalue weighted by molar-refractivity contribution is 5.66. The number of hydrogen-bond donors (Lipinski definition) is 2. The number of anilines is 2. The zero-order valence-corrected chi connectivity index (χ0v) is 16.6. The Bertz CT molecular complexity index is 1060. The van der Waals surface area contributed by atoms with Gasteiger partial charge in [-0.25, -0.2) is 13.8 Å². The van der Waals surface area contributed by atoms with Crippen LogP contribution in [-0.4, -0.2) is 22.4 Å². The molecule has 0 bridgehead atoms. The third-order valence-electron chi connectivity index (χ3n) is 3.96. The molecule has 1 heterocycles. The maximum atomic E-state index is 13.4. The van der Waals surface area contributed by atoms with Gasteiger partial charge in [0, 0.05) is 24.2 Å². The van der Waals surface area contributed by atoms with Crippen molar-refractivity contribution in [1.82, 2.24) is 9.97 Å². The highest BCUT2D eigenvalue weighted by Crippen LogP contribution is 2.29. The third kappa shape index (κ3) is 6.53. The van der Waals surface area contributed by atoms with E-state index in [1.807, 2.05) is 13.8 Å². The fourth-order valence-corrected chi connectivity index (χ4v) is 2.70. The molecule has 0 radical (unpaired) electrons. The number of aromatic nitrogens is 2. The standard InChI is InChI=1S/C21H19F5N4O/c1-12(2)28-20-29-18(14-4-3-5-15(9-14)31-21(24,25)26)10-19(30-20)27-11-13-6-7-16(22)17(23)8-13/h3-10,12H,11H2,1-2H3,(H2,27,28,29,30). The van der Waals surface area contributed by atoms with Gasteiger partial charge in [0.05, 0.1) is 5.69 Å². The summed E-state index contributed by atoms with van der Waals surface area (Å²) in [6, 6.07) is 10.5. The first kappa shape index (κ1) is 22.3. The molecule has 0 saturated heterocycles. The van der Waals surface area contributed by atoms with E-state index in [9.17, 15) is 22.0 Å². The van der Waals surface area contributed by atoms with Gasteiger partial charge < -0.3 is 15.4 Å². The van der Waals surface area contributed by atoms with E-state index in [1.54, 1.807) is 6.07 Å². The number of hydrogen-bond acceptors (Lipinski definition) is 5. The van der Waals surface area contributed by atoms with E-state index in [0.29, 0.717) is 22.6 Å². The second kappa shape index (κ2) is 9.15. The molecule has 0 unspecified atom stereocenters. The Morgan fingerprint density at radius 1 is 0.968 bits per heavy atom. The minimum Gasteiger partial charge on any atom is -0.406 e. The average Bonchev–Trinajstić information content (AvgIpc) is 2.67. The summed E-state index contributed by atoms with van der Waals surface area (Å²) in [5, 5.41) is 6.03. The van der Waals surface area contributed by atoms with Gasteiger partial charge in [-0.1, -0.05) is 18.2 Å². The van der Waals surface area contributed by atoms with Gasteiger partial charge >= 0.3 is 6.36 Å². The van der Waals surface area contributed by atoms with E-state index in [4.69, 9.17) is 0 Å². The van der Waals surface area contributed by atoms with Crippen LogP contribution in [0.3, 0.4) is 0 Å². The number of rotatable bonds is 7. The molecule has 0 aliphatic carbocycles. The first-order valence-corrected chi connectivity index (χ1v) is 9.28. The number of nitrogens with one attached hydrogen (secondary N) is 2. The van der Waals surface area contributed by atoms with Crippen molar-refractivity contribution in [3.63, 3.8) is 0 Å². The number of nitrogens with zero attached hydrogens (tertiary/aromatic N) is 2. The van der Waals surface area contributed by atoms with Crippen molar-refractivity contribution in [2.75, 3.05) is 10.6 Å². The average molecular weight is 438 g/mol. The Hall–Kier alpha value is -3.43. The highest BCUT2D eigenvalue weighted by Gasteiger charge is 2.31. The summed E-state index contributed by atoms with van der Waals surface area (Å²) in [5.41, 5.74) is 1.21. The van der Waals surface area contributed by atoms with E-state index >= 15 is 0 Å². The van der Waals surface area contributed by atoms with Crippen LogP contribution in [0.2, 0.25) is 0 Å². The molecule has 1 aromatic heterocycles. The molecule has 0 aliphatic heterocycles. The number of ether oxygens (including phenoxy) is 1. The first-order chi connectivity index (χ1) is 14.6. The van der Waals surface area contributed by atoms with Crippen LogP contribution in [0.25, 0.3) is 11.3 Å². The molecule has 5 nitrogen and oxygen atoms in total. The summed E-state index contributed by atoms with van der Waals surface area (Å²) < 4.78 is 68.1. The van der Waals surface area contributed by atoms with Gasteiger partial charge in [-0.05, 0) is 43.7 Å². The summed E-state index contributed by atoms with van der Waals surface area (Å²) in [4.78, 5) is 8.68. The van der Waals surface area contributed by atoms with Gasteiger partial charge in [-0.3, -0.25) is 0 Å². The Labute approximate surface area is 175 Å². The molecule has 0 aliphatic rings. The van der Waals surface area contributed by atoms with Gasteiger partial charge in [0.25, 0.3) is 0 Å². The van der Waals surface area contributed by atoms with Crippen LogP contribution in [0.5, 0.6) is 5.75 Å². The highest BCUT2D eigenvalue weighted by atomic mass is 19.4. The van der Waals surface area contributed by atoms with E-state index in [1.165, 1.54) is 30.3 Å². The number of alkyl halides is 3. The largest absolute Gasteiger partial charge is 0.573 e. The third-order valence-corrected chi connectivity index (χ3v) is 3.96. The summed E-state index contributed by atoms with van der Waals surface area (Å²) in [5.74, 6) is -1.69. The molecule has 31 heavy (non-hydrogen) atoms. The zero-order chi connectivity index (χ0) is 22.6. The Kier molecular flexibility index (Phi) is 6.57. The Morgan fingerprint density at radius 2 is 1.74 bits per heavy atom. The zero-order valence-electron chi connectivity index (χ0n) is 16.6. The van der Waals surface area contributed by atoms with Crippen molar-refractivity contribution < 1.29 is 26.7 Å². The van der Waals surface area contributed by atoms with Crippen LogP contribution in [0.15, 0.2) is 48.5 Å². The van der Waals surface area contributed by atoms with E-state index in [-0.39, 0.29) is 24.3 Å². The summed E-state index contributed by atoms with van der Waals surface area (Å²) in [6.07, 6.45) is -4.81. The van der Waals surface area contributed by atoms with E-state index < -0.39 is 18.0 Å². The predicted molar refractivity (Wildman–Crippen MR) is 107 cm³/mol. The van der Waals surface area contributed by atoms with E-state index in [2.05, 4.69) is 25.3 Å². The summed E-state index contributed by atoms with van der Waals surface area (Å²) >= 11 is 0. The molecular formula is C21H19F5N4O. The topological polar surface area (TPSA) is 59.1 Å². The molecule has 3 aromatic rings. The SMILES string of the molecule is CC(C)Nc1nc(NCc2ccc(F)c(F)c2)cc(-c2cccc(OC(F)(F)F)c2)n1. The second-order valence-electron chi connectivity index (χ2n) is 6.94. The Balaban J connectivity index is 1.89. The minimum atomic E-state index is -4.81. The number of halogens is 5. The maximum absolute atomic E-state index is 13.4. The lowest BCUT2D eigenvalue weighted by Gasteiger charge is -2.14. The smallest absolute Gasteiger partial charge is 0.406 e. The van der Waals surface area contributed by atoms with E-state index in [0.717, 1.165) is 12.1 Å². The van der Waals surface area contributed by atoms with Gasteiger partial charge in [0.15, 0.2) is 11.6 Å². The van der Waals surface area contributed by atoms with Gasteiger partial charge in [0.2, 0.25) is 5.95 Å². The van der Waals surface area contributed by atoms with Gasteiger partial charge in [-0.15, -0.1) is 13.2 Å². The van der Waals surface area contributed by atoms with Crippen LogP contribution in [-0.2, 0) is 6.54 Å². The predicted octanol–water partition coefficient (Wildman–Crippen LogP) is 5.75. The fourth-order valence-electron chi connectivity index (χ4n) is 2.70. The first-order valence-electron chi connectivity index (χ1n) is 9.28. The molecule has 164 valence electrons. The second-order valence-corrected chi connectivity index (χ2v) is 6.94. The van der Waals surface area contributed by atoms with Crippen LogP contribution >= 0.6 is 0 Å². The van der Waals surface area contributed by atoms with Crippen molar-refractivity contribution in [3.05, 3.63) is 65.7 Å². The normalized spacial score (nSPS) is 11.5. The molecule has 0 fully saturated rings. The lowest BCUT2D eigenvalue weighted by molar-refractivity contribution is -0.274. The molecule has 3 rings (SSSR count). The van der Waals surface area contributed by atoms with Crippen LogP contribution in [0, 0.1) is 11.6 Å². The molecule has 0 amide bonds. The Morgan fingerprint density at radius 3 is 2.42 bits per heavy atom. The quantitative estimate of drug-likeness (QED) is 0.460. The minimum absolute atomic E-state index is 0.00538. The van der Waals surface area contributed by atoms with Crippen molar-refractivity contribution >= 4 is 11.8 Å². The van der Waals surface area contributed by atoms with Crippen molar-refractivity contribution in [3.8, 4) is 17.0 Å². The van der Waals surface area contributed by atoms with Crippen LogP contribution < -0.4 is 15.4 Å². The fraction of sp³-hybridized carbons (Fsp3) is 0.238. The van der Waals surface area contributed by atoms with Gasteiger partial charge in [0.1, 0.15) is 11.6 Å². The molecule has 0 atom stereocenters. The molecule has 0 spiro atoms. The molecular weight excluding hydrogens is 419 g/mol. The summed E-state index contributed by atoms with van der Waals surface area (Å²) in [7, 11) is 0. The summed E-state index contributed by atoms with van der Waals surface area (Å²) in [6.45, 7) is 3.90. The maximum Gasteiger partial charge on any atom is 0.573 e. The van der Waals surface area contributed by atoms with Crippen molar-refractivity contribution in [2.45, 2.75) is 32.8 Å². The van der Waals surface area contributed by atoms with Gasteiger partial charge in [-0.2, -0.15) is 4.98 Å². The van der Waals surface area contributed by atoms with Crippen molar-refractivity contribution in [2.24, 2.45) is 0 Å². The van der Waals surface area contributed by atoms with Crippen LogP contribution in [0.1, 0.15) is 19.4 Å². The molecule has 0 saturated carbocycles. The molecule has 2 aromatic carbocycles.